The predicted octanol–water partition coefficient (Wildman–Crippen LogP) is 3.16. The second-order valence-electron chi connectivity index (χ2n) is 5.03. The second kappa shape index (κ2) is 8.15. The number of hydrogen-bond acceptors (Lipinski definition) is 3. The largest absolute Gasteiger partial charge is 0.373 e. The van der Waals surface area contributed by atoms with Gasteiger partial charge < -0.3 is 15.1 Å². The fourth-order valence-corrected chi connectivity index (χ4v) is 2.00. The molecule has 0 spiro atoms. The molecule has 5 heteroatoms. The Morgan fingerprint density at radius 2 is 2.00 bits per heavy atom. The minimum atomic E-state index is -0.177. The maximum absolute atomic E-state index is 12.3. The van der Waals surface area contributed by atoms with Crippen LogP contribution in [0.3, 0.4) is 0 Å². The second-order valence-corrected chi connectivity index (χ2v) is 5.03. The van der Waals surface area contributed by atoms with E-state index in [4.69, 9.17) is 5.26 Å². The molecule has 0 aromatic heterocycles. The van der Waals surface area contributed by atoms with Gasteiger partial charge in [-0.2, -0.15) is 5.26 Å². The molecule has 21 heavy (non-hydrogen) atoms. The SMILES string of the molecule is CCN(CC(C)C#N)C(=O)Nc1ccccc1N(C)CC. The summed E-state index contributed by atoms with van der Waals surface area (Å²) in [5, 5.41) is 11.8. The van der Waals surface area contributed by atoms with Gasteiger partial charge in [-0.1, -0.05) is 12.1 Å². The van der Waals surface area contributed by atoms with E-state index in [1.165, 1.54) is 0 Å². The summed E-state index contributed by atoms with van der Waals surface area (Å²) >= 11 is 0. The highest BCUT2D eigenvalue weighted by atomic mass is 16.2. The number of nitrogens with zero attached hydrogens (tertiary/aromatic N) is 3. The Balaban J connectivity index is 2.85. The van der Waals surface area contributed by atoms with Crippen molar-refractivity contribution in [1.82, 2.24) is 4.90 Å². The summed E-state index contributed by atoms with van der Waals surface area (Å²) in [5.74, 6) is -0.177. The molecule has 1 N–H and O–H groups in total. The molecule has 1 unspecified atom stereocenters. The lowest BCUT2D eigenvalue weighted by molar-refractivity contribution is 0.210. The van der Waals surface area contributed by atoms with E-state index in [9.17, 15) is 4.79 Å². The highest BCUT2D eigenvalue weighted by Gasteiger charge is 2.16. The number of anilines is 2. The van der Waals surface area contributed by atoms with Crippen molar-refractivity contribution in [2.75, 3.05) is 36.9 Å². The number of nitrogens with one attached hydrogen (secondary N) is 1. The van der Waals surface area contributed by atoms with E-state index >= 15 is 0 Å². The number of carbonyl (C=O) groups is 1. The van der Waals surface area contributed by atoms with E-state index in [2.05, 4.69) is 23.2 Å². The van der Waals surface area contributed by atoms with Crippen LogP contribution in [0.15, 0.2) is 24.3 Å². The van der Waals surface area contributed by atoms with Gasteiger partial charge in [-0.25, -0.2) is 4.79 Å². The van der Waals surface area contributed by atoms with E-state index in [0.717, 1.165) is 17.9 Å². The molecule has 1 rings (SSSR count). The smallest absolute Gasteiger partial charge is 0.321 e. The molecule has 5 nitrogen and oxygen atoms in total. The van der Waals surface area contributed by atoms with Gasteiger partial charge in [0.05, 0.1) is 23.4 Å². The van der Waals surface area contributed by atoms with Crippen molar-refractivity contribution in [1.29, 1.82) is 5.26 Å². The molecule has 0 heterocycles. The standard InChI is InChI=1S/C16H24N4O/c1-5-19(4)15-10-8-7-9-14(15)18-16(21)20(6-2)12-13(3)11-17/h7-10,13H,5-6,12H2,1-4H3,(H,18,21). The zero-order chi connectivity index (χ0) is 15.8. The van der Waals surface area contributed by atoms with Crippen molar-refractivity contribution in [3.8, 4) is 6.07 Å². The first-order valence-corrected chi connectivity index (χ1v) is 7.29. The molecular weight excluding hydrogens is 264 g/mol. The first kappa shape index (κ1) is 16.8. The third-order valence-electron chi connectivity index (χ3n) is 3.41. The number of para-hydroxylation sites is 2. The molecule has 0 aliphatic rings. The van der Waals surface area contributed by atoms with Gasteiger partial charge in [0.25, 0.3) is 0 Å². The summed E-state index contributed by atoms with van der Waals surface area (Å²) in [4.78, 5) is 16.1. The van der Waals surface area contributed by atoms with E-state index in [0.29, 0.717) is 13.1 Å². The van der Waals surface area contributed by atoms with Gasteiger partial charge >= 0.3 is 6.03 Å². The van der Waals surface area contributed by atoms with Gasteiger partial charge in [0, 0.05) is 26.7 Å². The average molecular weight is 288 g/mol. The zero-order valence-corrected chi connectivity index (χ0v) is 13.3. The number of amides is 2. The maximum Gasteiger partial charge on any atom is 0.321 e. The third-order valence-corrected chi connectivity index (χ3v) is 3.41. The van der Waals surface area contributed by atoms with Crippen LogP contribution in [-0.4, -0.2) is 37.6 Å². The summed E-state index contributed by atoms with van der Waals surface area (Å²) in [6.45, 7) is 7.65. The van der Waals surface area contributed by atoms with Crippen LogP contribution in [-0.2, 0) is 0 Å². The first-order valence-electron chi connectivity index (χ1n) is 7.29. The van der Waals surface area contributed by atoms with Crippen LogP contribution in [0.2, 0.25) is 0 Å². The molecular formula is C16H24N4O. The number of carbonyl (C=O) groups excluding carboxylic acids is 1. The van der Waals surface area contributed by atoms with Crippen LogP contribution < -0.4 is 10.2 Å². The minimum absolute atomic E-state index is 0.170. The molecule has 0 radical (unpaired) electrons. The van der Waals surface area contributed by atoms with E-state index in [-0.39, 0.29) is 11.9 Å². The van der Waals surface area contributed by atoms with Gasteiger partial charge in [0.2, 0.25) is 0 Å². The lowest BCUT2D eigenvalue weighted by Crippen LogP contribution is -2.38. The molecule has 114 valence electrons. The molecule has 0 aliphatic carbocycles. The summed E-state index contributed by atoms with van der Waals surface area (Å²) in [6, 6.07) is 9.71. The first-order chi connectivity index (χ1) is 10.0. The summed E-state index contributed by atoms with van der Waals surface area (Å²) in [6.07, 6.45) is 0. The number of rotatable bonds is 6. The maximum atomic E-state index is 12.3. The van der Waals surface area contributed by atoms with Crippen LogP contribution in [0.4, 0.5) is 16.2 Å². The molecule has 1 aromatic rings. The number of hydrogen-bond donors (Lipinski definition) is 1. The highest BCUT2D eigenvalue weighted by molar-refractivity contribution is 5.93. The molecule has 0 saturated carbocycles. The summed E-state index contributed by atoms with van der Waals surface area (Å²) < 4.78 is 0. The van der Waals surface area contributed by atoms with Crippen molar-refractivity contribution in [2.45, 2.75) is 20.8 Å². The molecule has 0 aliphatic heterocycles. The van der Waals surface area contributed by atoms with Crippen molar-refractivity contribution in [3.63, 3.8) is 0 Å². The van der Waals surface area contributed by atoms with Crippen LogP contribution in [0, 0.1) is 17.2 Å². The van der Waals surface area contributed by atoms with Crippen LogP contribution >= 0.6 is 0 Å². The number of nitriles is 1. The Kier molecular flexibility index (Phi) is 6.54. The fourth-order valence-electron chi connectivity index (χ4n) is 2.00. The summed E-state index contributed by atoms with van der Waals surface area (Å²) in [5.41, 5.74) is 1.77. The van der Waals surface area contributed by atoms with Gasteiger partial charge in [-0.3, -0.25) is 0 Å². The van der Waals surface area contributed by atoms with Crippen LogP contribution in [0.1, 0.15) is 20.8 Å². The van der Waals surface area contributed by atoms with Crippen molar-refractivity contribution >= 4 is 17.4 Å². The number of benzene rings is 1. The molecule has 0 fully saturated rings. The van der Waals surface area contributed by atoms with Gasteiger partial charge in [0.15, 0.2) is 0 Å². The predicted molar refractivity (Wildman–Crippen MR) is 86.4 cm³/mol. The Morgan fingerprint density at radius 1 is 1.33 bits per heavy atom. The van der Waals surface area contributed by atoms with E-state index in [1.807, 2.05) is 45.2 Å². The average Bonchev–Trinajstić information content (AvgIpc) is 2.51. The minimum Gasteiger partial charge on any atom is -0.373 e. The van der Waals surface area contributed by atoms with Crippen molar-refractivity contribution in [2.24, 2.45) is 5.92 Å². The lowest BCUT2D eigenvalue weighted by atomic mass is 10.2. The molecule has 1 atom stereocenters. The van der Waals surface area contributed by atoms with E-state index < -0.39 is 0 Å². The zero-order valence-electron chi connectivity index (χ0n) is 13.3. The highest BCUT2D eigenvalue weighted by Crippen LogP contribution is 2.24. The van der Waals surface area contributed by atoms with Gasteiger partial charge in [0.1, 0.15) is 0 Å². The van der Waals surface area contributed by atoms with Crippen molar-refractivity contribution < 1.29 is 4.79 Å². The molecule has 0 bridgehead atoms. The Bertz CT molecular complexity index is 509. The lowest BCUT2D eigenvalue weighted by Gasteiger charge is -2.25. The monoisotopic (exact) mass is 288 g/mol. The topological polar surface area (TPSA) is 59.4 Å². The molecule has 0 saturated heterocycles. The van der Waals surface area contributed by atoms with Crippen LogP contribution in [0.5, 0.6) is 0 Å². The fraction of sp³-hybridized carbons (Fsp3) is 0.500. The summed E-state index contributed by atoms with van der Waals surface area (Å²) in [7, 11) is 1.99. The Morgan fingerprint density at radius 3 is 2.57 bits per heavy atom. The normalized spacial score (nSPS) is 11.4. The van der Waals surface area contributed by atoms with Gasteiger partial charge in [-0.15, -0.1) is 0 Å². The Labute approximate surface area is 127 Å². The Hall–Kier alpha value is -2.22. The number of urea groups is 1. The third kappa shape index (κ3) is 4.67. The quantitative estimate of drug-likeness (QED) is 0.874. The van der Waals surface area contributed by atoms with E-state index in [1.54, 1.807) is 4.90 Å². The van der Waals surface area contributed by atoms with Crippen LogP contribution in [0.25, 0.3) is 0 Å². The molecule has 2 amide bonds. The van der Waals surface area contributed by atoms with Crippen molar-refractivity contribution in [3.05, 3.63) is 24.3 Å². The molecule has 1 aromatic carbocycles. The van der Waals surface area contributed by atoms with Gasteiger partial charge in [-0.05, 0) is 32.9 Å².